The number of amides is 1. The van der Waals surface area contributed by atoms with Gasteiger partial charge in [-0.3, -0.25) is 9.18 Å². The van der Waals surface area contributed by atoms with Gasteiger partial charge in [-0.05, 0) is 53.9 Å². The van der Waals surface area contributed by atoms with Crippen LogP contribution >= 0.6 is 11.3 Å². The number of nitrogens with zero attached hydrogens (tertiary/aromatic N) is 2. The van der Waals surface area contributed by atoms with E-state index in [1.807, 2.05) is 13.0 Å². The predicted octanol–water partition coefficient (Wildman–Crippen LogP) is 3.54. The van der Waals surface area contributed by atoms with Crippen LogP contribution in [0.25, 0.3) is 11.0 Å². The maximum Gasteiger partial charge on any atom is 0.251 e. The molecule has 2 heterocycles. The van der Waals surface area contributed by atoms with E-state index in [4.69, 9.17) is 0 Å². The number of benzene rings is 1. The highest BCUT2D eigenvalue weighted by atomic mass is 32.1. The Labute approximate surface area is 138 Å². The van der Waals surface area contributed by atoms with Gasteiger partial charge >= 0.3 is 0 Å². The van der Waals surface area contributed by atoms with E-state index in [9.17, 15) is 9.18 Å². The van der Waals surface area contributed by atoms with Gasteiger partial charge in [-0.1, -0.05) is 0 Å². The van der Waals surface area contributed by atoms with Crippen LogP contribution in [0.1, 0.15) is 28.2 Å². The third-order valence-electron chi connectivity index (χ3n) is 3.72. The zero-order chi connectivity index (χ0) is 16.2. The van der Waals surface area contributed by atoms with Crippen molar-refractivity contribution in [2.45, 2.75) is 19.9 Å². The van der Waals surface area contributed by atoms with E-state index in [-0.39, 0.29) is 5.91 Å². The lowest BCUT2D eigenvalue weighted by Gasteiger charge is -2.06. The number of carbonyl (C=O) groups excluding carboxylic acids is 1. The summed E-state index contributed by atoms with van der Waals surface area (Å²) >= 11 is 1.68. The van der Waals surface area contributed by atoms with Crippen LogP contribution in [0.5, 0.6) is 0 Å². The number of hydrogen-bond donors (Lipinski definition) is 1. The number of alkyl halides is 1. The summed E-state index contributed by atoms with van der Waals surface area (Å²) in [5, 5.41) is 6.89. The van der Waals surface area contributed by atoms with E-state index in [2.05, 4.69) is 31.7 Å². The van der Waals surface area contributed by atoms with Crippen LogP contribution in [0.4, 0.5) is 4.39 Å². The van der Waals surface area contributed by atoms with Crippen LogP contribution in [0, 0.1) is 6.92 Å². The quantitative estimate of drug-likeness (QED) is 0.702. The number of thiophene rings is 1. The van der Waals surface area contributed by atoms with Gasteiger partial charge in [0.25, 0.3) is 5.91 Å². The van der Waals surface area contributed by atoms with E-state index in [0.717, 1.165) is 23.4 Å². The van der Waals surface area contributed by atoms with Crippen molar-refractivity contribution in [3.63, 3.8) is 0 Å². The summed E-state index contributed by atoms with van der Waals surface area (Å²) < 4.78 is 14.2. The number of hydrogen-bond acceptors (Lipinski definition) is 3. The van der Waals surface area contributed by atoms with Crippen LogP contribution in [0.3, 0.4) is 0 Å². The Morgan fingerprint density at radius 1 is 1.39 bits per heavy atom. The molecule has 0 aliphatic heterocycles. The molecule has 2 aromatic heterocycles. The van der Waals surface area contributed by atoms with Crippen molar-refractivity contribution in [3.05, 3.63) is 52.0 Å². The van der Waals surface area contributed by atoms with Gasteiger partial charge in [0.05, 0.1) is 24.3 Å². The normalized spacial score (nSPS) is 11.0. The third kappa shape index (κ3) is 3.42. The lowest BCUT2D eigenvalue weighted by Crippen LogP contribution is -2.24. The minimum absolute atomic E-state index is 0.189. The van der Waals surface area contributed by atoms with Crippen LogP contribution in [-0.4, -0.2) is 28.7 Å². The molecule has 0 radical (unpaired) electrons. The Balaban J connectivity index is 1.85. The number of halogens is 1. The molecule has 6 heteroatoms. The second-order valence-corrected chi connectivity index (χ2v) is 6.16. The van der Waals surface area contributed by atoms with Gasteiger partial charge in [0, 0.05) is 12.1 Å². The van der Waals surface area contributed by atoms with E-state index in [0.29, 0.717) is 18.5 Å². The van der Waals surface area contributed by atoms with Gasteiger partial charge in [-0.2, -0.15) is 11.3 Å². The molecule has 0 spiro atoms. The molecule has 0 unspecified atom stereocenters. The Bertz CT molecular complexity index is 811. The van der Waals surface area contributed by atoms with Crippen LogP contribution in [0.15, 0.2) is 35.0 Å². The molecule has 1 amide bonds. The second-order valence-electron chi connectivity index (χ2n) is 5.38. The molecule has 23 heavy (non-hydrogen) atoms. The van der Waals surface area contributed by atoms with Crippen molar-refractivity contribution in [1.82, 2.24) is 14.9 Å². The maximum atomic E-state index is 12.1. The highest BCUT2D eigenvalue weighted by Crippen LogP contribution is 2.20. The van der Waals surface area contributed by atoms with Gasteiger partial charge in [0.15, 0.2) is 0 Å². The Morgan fingerprint density at radius 3 is 3.00 bits per heavy atom. The molecule has 0 atom stereocenters. The van der Waals surface area contributed by atoms with E-state index >= 15 is 0 Å². The van der Waals surface area contributed by atoms with Crippen molar-refractivity contribution >= 4 is 28.3 Å². The summed E-state index contributed by atoms with van der Waals surface area (Å²) in [5.41, 5.74) is 3.60. The van der Waals surface area contributed by atoms with Crippen LogP contribution in [0.2, 0.25) is 0 Å². The number of fused-ring (bicyclic) bond motifs is 1. The molecule has 0 fully saturated rings. The lowest BCUT2D eigenvalue weighted by molar-refractivity contribution is 0.0952. The molecule has 3 aromatic rings. The number of imidazole rings is 1. The number of aromatic nitrogens is 2. The second kappa shape index (κ2) is 6.91. The first-order valence-corrected chi connectivity index (χ1v) is 8.45. The SMILES string of the molecule is Cc1nc2cc(C(=O)NCCCF)ccc2n1Cc1ccsc1. The molecule has 0 saturated carbocycles. The Kier molecular flexibility index (Phi) is 4.71. The maximum absolute atomic E-state index is 12.1. The molecule has 1 aromatic carbocycles. The highest BCUT2D eigenvalue weighted by molar-refractivity contribution is 7.07. The van der Waals surface area contributed by atoms with E-state index < -0.39 is 6.67 Å². The van der Waals surface area contributed by atoms with Crippen molar-refractivity contribution in [2.24, 2.45) is 0 Å². The molecule has 0 bridgehead atoms. The summed E-state index contributed by atoms with van der Waals surface area (Å²) in [4.78, 5) is 16.6. The van der Waals surface area contributed by atoms with Crippen molar-refractivity contribution in [1.29, 1.82) is 0 Å². The Morgan fingerprint density at radius 2 is 2.26 bits per heavy atom. The summed E-state index contributed by atoms with van der Waals surface area (Å²) in [7, 11) is 0. The standard InChI is InChI=1S/C17H18FN3OS/c1-12-20-15-9-14(17(22)19-7-2-6-18)3-4-16(15)21(12)10-13-5-8-23-11-13/h3-5,8-9,11H,2,6-7,10H2,1H3,(H,19,22). The van der Waals surface area contributed by atoms with Crippen LogP contribution < -0.4 is 5.32 Å². The van der Waals surface area contributed by atoms with Gasteiger partial charge in [-0.15, -0.1) is 0 Å². The fourth-order valence-corrected chi connectivity index (χ4v) is 3.19. The summed E-state index contributed by atoms with van der Waals surface area (Å²) in [6.45, 7) is 2.66. The van der Waals surface area contributed by atoms with Crippen LogP contribution in [-0.2, 0) is 6.54 Å². The number of nitrogens with one attached hydrogen (secondary N) is 1. The van der Waals surface area contributed by atoms with Crippen molar-refractivity contribution < 1.29 is 9.18 Å². The smallest absolute Gasteiger partial charge is 0.251 e. The van der Waals surface area contributed by atoms with E-state index in [1.165, 1.54) is 5.56 Å². The highest BCUT2D eigenvalue weighted by Gasteiger charge is 2.12. The molecule has 0 aliphatic rings. The Hall–Kier alpha value is -2.21. The zero-order valence-corrected chi connectivity index (χ0v) is 13.7. The van der Waals surface area contributed by atoms with Gasteiger partial charge in [-0.25, -0.2) is 4.98 Å². The number of carbonyl (C=O) groups is 1. The summed E-state index contributed by atoms with van der Waals surface area (Å²) in [6.07, 6.45) is 0.336. The molecular weight excluding hydrogens is 313 g/mol. The molecule has 3 rings (SSSR count). The lowest BCUT2D eigenvalue weighted by atomic mass is 10.2. The first-order valence-electron chi connectivity index (χ1n) is 7.51. The molecule has 0 saturated heterocycles. The minimum Gasteiger partial charge on any atom is -0.352 e. The average molecular weight is 331 g/mol. The average Bonchev–Trinajstić information content (AvgIpc) is 3.16. The molecular formula is C17H18FN3OS. The largest absolute Gasteiger partial charge is 0.352 e. The van der Waals surface area contributed by atoms with E-state index in [1.54, 1.807) is 23.5 Å². The first kappa shape index (κ1) is 15.7. The predicted molar refractivity (Wildman–Crippen MR) is 90.8 cm³/mol. The molecule has 1 N–H and O–H groups in total. The molecule has 4 nitrogen and oxygen atoms in total. The van der Waals surface area contributed by atoms with Gasteiger partial charge < -0.3 is 9.88 Å². The molecule has 0 aliphatic carbocycles. The van der Waals surface area contributed by atoms with Gasteiger partial charge in [0.1, 0.15) is 5.82 Å². The van der Waals surface area contributed by atoms with Gasteiger partial charge in [0.2, 0.25) is 0 Å². The number of aryl methyl sites for hydroxylation is 1. The molecule has 120 valence electrons. The zero-order valence-electron chi connectivity index (χ0n) is 12.9. The fourth-order valence-electron chi connectivity index (χ4n) is 2.53. The number of rotatable bonds is 6. The topological polar surface area (TPSA) is 46.9 Å². The van der Waals surface area contributed by atoms with Crippen molar-refractivity contribution in [3.8, 4) is 0 Å². The summed E-state index contributed by atoms with van der Waals surface area (Å²) in [5.74, 6) is 0.728. The third-order valence-corrected chi connectivity index (χ3v) is 4.45. The fraction of sp³-hybridized carbons (Fsp3) is 0.294. The monoisotopic (exact) mass is 331 g/mol. The summed E-state index contributed by atoms with van der Waals surface area (Å²) in [6, 6.07) is 7.60. The van der Waals surface area contributed by atoms with Crippen molar-refractivity contribution in [2.75, 3.05) is 13.2 Å². The minimum atomic E-state index is -0.425. The first-order chi connectivity index (χ1) is 11.2.